The highest BCUT2D eigenvalue weighted by Crippen LogP contribution is 2.32. The first-order valence-electron chi connectivity index (χ1n) is 6.69. The predicted octanol–water partition coefficient (Wildman–Crippen LogP) is 5.02. The van der Waals surface area contributed by atoms with Gasteiger partial charge in [0.25, 0.3) is 0 Å². The second-order valence-corrected chi connectivity index (χ2v) is 5.50. The minimum atomic E-state index is -0.839. The number of hydrogen-bond donors (Lipinski definition) is 1. The fourth-order valence-electron chi connectivity index (χ4n) is 2.57. The number of aryl methyl sites for hydroxylation is 1. The number of rotatable bonds is 2. The van der Waals surface area contributed by atoms with E-state index in [1.807, 2.05) is 43.3 Å². The van der Waals surface area contributed by atoms with Gasteiger partial charge in [-0.1, -0.05) is 54.1 Å². The molecule has 0 saturated carbocycles. The highest BCUT2D eigenvalue weighted by Gasteiger charge is 2.15. The van der Waals surface area contributed by atoms with Crippen LogP contribution < -0.4 is 0 Å². The molecular weight excluding hydrogens is 287 g/mol. The zero-order valence-electron chi connectivity index (χ0n) is 11.5. The number of benzene rings is 3. The molecule has 0 bridgehead atoms. The van der Waals surface area contributed by atoms with Crippen LogP contribution in [0.25, 0.3) is 10.8 Å². The van der Waals surface area contributed by atoms with Gasteiger partial charge in [0.2, 0.25) is 0 Å². The minimum Gasteiger partial charge on any atom is -0.384 e. The summed E-state index contributed by atoms with van der Waals surface area (Å²) in [7, 11) is 0. The van der Waals surface area contributed by atoms with Crippen molar-refractivity contribution < 1.29 is 9.50 Å². The topological polar surface area (TPSA) is 20.2 Å². The van der Waals surface area contributed by atoms with Gasteiger partial charge in [0.1, 0.15) is 11.9 Å². The quantitative estimate of drug-likeness (QED) is 0.704. The molecule has 0 aliphatic heterocycles. The van der Waals surface area contributed by atoms with E-state index in [2.05, 4.69) is 0 Å². The van der Waals surface area contributed by atoms with Gasteiger partial charge in [-0.05, 0) is 46.5 Å². The van der Waals surface area contributed by atoms with Gasteiger partial charge in [-0.25, -0.2) is 4.39 Å². The summed E-state index contributed by atoms with van der Waals surface area (Å²) in [5.74, 6) is -0.485. The largest absolute Gasteiger partial charge is 0.384 e. The van der Waals surface area contributed by atoms with Crippen LogP contribution in [0.4, 0.5) is 4.39 Å². The Hall–Kier alpha value is -1.90. The highest BCUT2D eigenvalue weighted by atomic mass is 35.5. The molecule has 1 atom stereocenters. The van der Waals surface area contributed by atoms with Crippen LogP contribution in [0.2, 0.25) is 5.02 Å². The van der Waals surface area contributed by atoms with Gasteiger partial charge < -0.3 is 5.11 Å². The van der Waals surface area contributed by atoms with Crippen LogP contribution >= 0.6 is 11.6 Å². The average Bonchev–Trinajstić information content (AvgIpc) is 2.50. The van der Waals surface area contributed by atoms with Gasteiger partial charge in [0.05, 0.1) is 5.02 Å². The van der Waals surface area contributed by atoms with Crippen LogP contribution in [0.5, 0.6) is 0 Å². The van der Waals surface area contributed by atoms with E-state index in [0.717, 1.165) is 21.9 Å². The van der Waals surface area contributed by atoms with Crippen molar-refractivity contribution in [1.29, 1.82) is 0 Å². The first-order chi connectivity index (χ1) is 10.1. The number of hydrogen-bond acceptors (Lipinski definition) is 1. The number of fused-ring (bicyclic) bond motifs is 1. The zero-order chi connectivity index (χ0) is 15.0. The zero-order valence-corrected chi connectivity index (χ0v) is 12.2. The van der Waals surface area contributed by atoms with E-state index in [4.69, 9.17) is 11.6 Å². The summed E-state index contributed by atoms with van der Waals surface area (Å²) >= 11 is 5.80. The Kier molecular flexibility index (Phi) is 3.66. The maximum absolute atomic E-state index is 13.3. The standard InChI is InChI=1S/C18H14ClFO/c1-11-6-8-15(14-5-3-2-4-13(11)14)18(21)12-7-9-17(20)16(19)10-12/h2-10,18,21H,1H3. The molecular formula is C18H14ClFO. The highest BCUT2D eigenvalue weighted by molar-refractivity contribution is 6.30. The molecule has 0 aromatic heterocycles. The lowest BCUT2D eigenvalue weighted by Gasteiger charge is -2.16. The molecule has 0 saturated heterocycles. The maximum Gasteiger partial charge on any atom is 0.141 e. The molecule has 1 unspecified atom stereocenters. The van der Waals surface area contributed by atoms with E-state index in [-0.39, 0.29) is 5.02 Å². The first-order valence-corrected chi connectivity index (χ1v) is 7.07. The van der Waals surface area contributed by atoms with Crippen molar-refractivity contribution in [2.75, 3.05) is 0 Å². The maximum atomic E-state index is 13.3. The molecule has 3 heteroatoms. The van der Waals surface area contributed by atoms with E-state index >= 15 is 0 Å². The molecule has 0 amide bonds. The summed E-state index contributed by atoms with van der Waals surface area (Å²) in [6.45, 7) is 2.03. The Morgan fingerprint density at radius 2 is 1.71 bits per heavy atom. The third-order valence-corrected chi connectivity index (χ3v) is 4.02. The first kappa shape index (κ1) is 14.1. The number of halogens is 2. The second kappa shape index (κ2) is 5.47. The monoisotopic (exact) mass is 300 g/mol. The van der Waals surface area contributed by atoms with Crippen LogP contribution in [-0.4, -0.2) is 5.11 Å². The van der Waals surface area contributed by atoms with Gasteiger partial charge in [0.15, 0.2) is 0 Å². The van der Waals surface area contributed by atoms with Crippen molar-refractivity contribution in [2.45, 2.75) is 13.0 Å². The van der Waals surface area contributed by atoms with E-state index in [0.29, 0.717) is 5.56 Å². The molecule has 1 nitrogen and oxygen atoms in total. The Labute approximate surface area is 127 Å². The molecule has 3 rings (SSSR count). The molecule has 0 fully saturated rings. The van der Waals surface area contributed by atoms with Crippen molar-refractivity contribution in [1.82, 2.24) is 0 Å². The van der Waals surface area contributed by atoms with Crippen molar-refractivity contribution >= 4 is 22.4 Å². The fraction of sp³-hybridized carbons (Fsp3) is 0.111. The SMILES string of the molecule is Cc1ccc(C(O)c2ccc(F)c(Cl)c2)c2ccccc12. The van der Waals surface area contributed by atoms with Crippen molar-refractivity contribution in [3.05, 3.63) is 82.1 Å². The van der Waals surface area contributed by atoms with Gasteiger partial charge in [-0.2, -0.15) is 0 Å². The summed E-state index contributed by atoms with van der Waals surface area (Å²) in [4.78, 5) is 0. The van der Waals surface area contributed by atoms with Crippen molar-refractivity contribution in [3.63, 3.8) is 0 Å². The van der Waals surface area contributed by atoms with Crippen molar-refractivity contribution in [2.24, 2.45) is 0 Å². The van der Waals surface area contributed by atoms with Crippen LogP contribution in [0.1, 0.15) is 22.8 Å². The Balaban J connectivity index is 2.15. The molecule has 0 heterocycles. The third-order valence-electron chi connectivity index (χ3n) is 3.73. The normalized spacial score (nSPS) is 12.6. The minimum absolute atomic E-state index is 0.0166. The van der Waals surface area contributed by atoms with Crippen LogP contribution in [0.15, 0.2) is 54.6 Å². The Morgan fingerprint density at radius 1 is 1.00 bits per heavy atom. The van der Waals surface area contributed by atoms with E-state index in [9.17, 15) is 9.50 Å². The lowest BCUT2D eigenvalue weighted by Crippen LogP contribution is -2.01. The van der Waals surface area contributed by atoms with Crippen LogP contribution in [0.3, 0.4) is 0 Å². The Bertz CT molecular complexity index is 813. The van der Waals surface area contributed by atoms with E-state index in [1.165, 1.54) is 12.1 Å². The third kappa shape index (κ3) is 2.53. The van der Waals surface area contributed by atoms with Crippen LogP contribution in [-0.2, 0) is 0 Å². The van der Waals surface area contributed by atoms with Gasteiger partial charge in [-0.3, -0.25) is 0 Å². The fourth-order valence-corrected chi connectivity index (χ4v) is 2.76. The lowest BCUT2D eigenvalue weighted by molar-refractivity contribution is 0.222. The smallest absolute Gasteiger partial charge is 0.141 e. The molecule has 0 aliphatic rings. The van der Waals surface area contributed by atoms with Gasteiger partial charge in [-0.15, -0.1) is 0 Å². The molecule has 0 aliphatic carbocycles. The van der Waals surface area contributed by atoms with Gasteiger partial charge >= 0.3 is 0 Å². The molecule has 106 valence electrons. The van der Waals surface area contributed by atoms with E-state index < -0.39 is 11.9 Å². The van der Waals surface area contributed by atoms with Crippen LogP contribution in [0, 0.1) is 12.7 Å². The summed E-state index contributed by atoms with van der Waals surface area (Å²) in [5, 5.41) is 12.7. The van der Waals surface area contributed by atoms with Crippen molar-refractivity contribution in [3.8, 4) is 0 Å². The van der Waals surface area contributed by atoms with Gasteiger partial charge in [0, 0.05) is 0 Å². The summed E-state index contributed by atoms with van der Waals surface area (Å²) in [5.41, 5.74) is 2.52. The number of aliphatic hydroxyl groups excluding tert-OH is 1. The van der Waals surface area contributed by atoms with E-state index in [1.54, 1.807) is 6.07 Å². The molecule has 3 aromatic carbocycles. The molecule has 1 N–H and O–H groups in total. The summed E-state index contributed by atoms with van der Waals surface area (Å²) in [6, 6.07) is 16.1. The Morgan fingerprint density at radius 3 is 2.43 bits per heavy atom. The molecule has 0 radical (unpaired) electrons. The summed E-state index contributed by atoms with van der Waals surface area (Å²) < 4.78 is 13.3. The second-order valence-electron chi connectivity index (χ2n) is 5.09. The average molecular weight is 301 g/mol. The predicted molar refractivity (Wildman–Crippen MR) is 84.2 cm³/mol. The lowest BCUT2D eigenvalue weighted by atomic mass is 9.94. The summed E-state index contributed by atoms with van der Waals surface area (Å²) in [6.07, 6.45) is -0.839. The molecule has 21 heavy (non-hydrogen) atoms. The molecule has 3 aromatic rings. The molecule has 0 spiro atoms. The number of aliphatic hydroxyl groups is 1.